The Morgan fingerprint density at radius 2 is 1.86 bits per heavy atom. The van der Waals surface area contributed by atoms with Gasteiger partial charge in [-0.3, -0.25) is 9.59 Å². The summed E-state index contributed by atoms with van der Waals surface area (Å²) in [4.78, 5) is 22.2. The Balaban J connectivity index is 4.13. The Bertz CT molecular complexity index is 321. The van der Waals surface area contributed by atoms with Crippen LogP contribution in [0.25, 0.3) is 0 Å². The van der Waals surface area contributed by atoms with Crippen molar-refractivity contribution in [1.29, 1.82) is 0 Å². The number of carbonyl (C=O) groups excluding carboxylic acids is 1. The van der Waals surface area contributed by atoms with Gasteiger partial charge in [0, 0.05) is 14.1 Å². The molecule has 0 spiro atoms. The monoisotopic (exact) mass is 224 g/mol. The first-order chi connectivity index (χ1) is 6.24. The first kappa shape index (κ1) is 12.8. The number of sulfonamides is 1. The summed E-state index contributed by atoms with van der Waals surface area (Å²) in [6, 6.07) is 0. The van der Waals surface area contributed by atoms with Crippen LogP contribution in [0.1, 0.15) is 0 Å². The van der Waals surface area contributed by atoms with E-state index in [1.165, 1.54) is 19.0 Å². The lowest BCUT2D eigenvalue weighted by molar-refractivity contribution is -0.134. The number of carboxylic acids is 1. The number of hydrogen-bond acceptors (Lipinski definition) is 4. The number of nitrogens with one attached hydrogen (secondary N) is 1. The summed E-state index contributed by atoms with van der Waals surface area (Å²) in [5.74, 6) is -2.94. The lowest BCUT2D eigenvalue weighted by atomic mass is 10.6. The van der Waals surface area contributed by atoms with E-state index >= 15 is 0 Å². The fourth-order valence-electron chi connectivity index (χ4n) is 0.543. The third-order valence-corrected chi connectivity index (χ3v) is 2.47. The zero-order chi connectivity index (χ0) is 11.4. The summed E-state index contributed by atoms with van der Waals surface area (Å²) < 4.78 is 23.7. The Morgan fingerprint density at radius 1 is 1.36 bits per heavy atom. The molecule has 0 saturated carbocycles. The minimum Gasteiger partial charge on any atom is -0.480 e. The summed E-state index contributed by atoms with van der Waals surface area (Å²) in [5, 5.41) is 8.21. The zero-order valence-corrected chi connectivity index (χ0v) is 8.67. The van der Waals surface area contributed by atoms with E-state index in [9.17, 15) is 18.0 Å². The largest absolute Gasteiger partial charge is 0.480 e. The SMILES string of the molecule is CN(C)C(=O)CNS(=O)(=O)CC(=O)O. The molecule has 0 aromatic rings. The van der Waals surface area contributed by atoms with Gasteiger partial charge in [0.2, 0.25) is 15.9 Å². The third-order valence-electron chi connectivity index (χ3n) is 1.26. The molecule has 0 saturated heterocycles. The van der Waals surface area contributed by atoms with Gasteiger partial charge in [-0.15, -0.1) is 0 Å². The van der Waals surface area contributed by atoms with Gasteiger partial charge in [-0.1, -0.05) is 0 Å². The van der Waals surface area contributed by atoms with Crippen LogP contribution in [-0.2, 0) is 19.6 Å². The van der Waals surface area contributed by atoms with Gasteiger partial charge in [0.1, 0.15) is 0 Å². The topological polar surface area (TPSA) is 104 Å². The van der Waals surface area contributed by atoms with Gasteiger partial charge in [0.05, 0.1) is 6.54 Å². The highest BCUT2D eigenvalue weighted by Crippen LogP contribution is 1.85. The van der Waals surface area contributed by atoms with Crippen LogP contribution in [0.3, 0.4) is 0 Å². The Kier molecular flexibility index (Phi) is 4.51. The Labute approximate surface area is 81.8 Å². The van der Waals surface area contributed by atoms with Crippen molar-refractivity contribution in [3.63, 3.8) is 0 Å². The lowest BCUT2D eigenvalue weighted by Crippen LogP contribution is -2.38. The average molecular weight is 224 g/mol. The van der Waals surface area contributed by atoms with Crippen molar-refractivity contribution < 1.29 is 23.1 Å². The minimum absolute atomic E-state index is 0.428. The molecule has 0 aliphatic carbocycles. The summed E-state index contributed by atoms with van der Waals surface area (Å²) in [6.45, 7) is -0.428. The van der Waals surface area contributed by atoms with Gasteiger partial charge < -0.3 is 10.0 Å². The molecule has 14 heavy (non-hydrogen) atoms. The number of amides is 1. The standard InChI is InChI=1S/C6H12N2O5S/c1-8(2)5(9)3-7-14(12,13)4-6(10)11/h7H,3-4H2,1-2H3,(H,10,11). The van der Waals surface area contributed by atoms with Crippen molar-refractivity contribution >= 4 is 21.9 Å². The van der Waals surface area contributed by atoms with Crippen LogP contribution in [0, 0.1) is 0 Å². The van der Waals surface area contributed by atoms with Gasteiger partial charge in [0.15, 0.2) is 5.75 Å². The molecule has 0 bridgehead atoms. The van der Waals surface area contributed by atoms with Gasteiger partial charge in [-0.25, -0.2) is 13.1 Å². The number of carboxylic acid groups (broad SMARTS) is 1. The average Bonchev–Trinajstić information content (AvgIpc) is 1.97. The molecule has 8 heteroatoms. The van der Waals surface area contributed by atoms with Crippen LogP contribution >= 0.6 is 0 Å². The molecular formula is C6H12N2O5S. The van der Waals surface area contributed by atoms with Crippen molar-refractivity contribution in [3.05, 3.63) is 0 Å². The summed E-state index contributed by atoms with van der Waals surface area (Å²) in [7, 11) is -0.974. The zero-order valence-electron chi connectivity index (χ0n) is 7.85. The molecule has 1 amide bonds. The number of hydrogen-bond donors (Lipinski definition) is 2. The van der Waals surface area contributed by atoms with E-state index < -0.39 is 34.2 Å². The fourth-order valence-corrected chi connectivity index (χ4v) is 1.31. The molecule has 0 radical (unpaired) electrons. The Morgan fingerprint density at radius 3 is 2.21 bits per heavy atom. The second kappa shape index (κ2) is 4.91. The van der Waals surface area contributed by atoms with Gasteiger partial charge in [0.25, 0.3) is 0 Å². The highest BCUT2D eigenvalue weighted by atomic mass is 32.2. The molecule has 0 aromatic carbocycles. The van der Waals surface area contributed by atoms with Gasteiger partial charge in [-0.05, 0) is 0 Å². The van der Waals surface area contributed by atoms with E-state index in [-0.39, 0.29) is 0 Å². The second-order valence-corrected chi connectivity index (χ2v) is 4.57. The molecule has 0 fully saturated rings. The van der Waals surface area contributed by atoms with Crippen molar-refractivity contribution in [1.82, 2.24) is 9.62 Å². The molecular weight excluding hydrogens is 212 g/mol. The van der Waals surface area contributed by atoms with Crippen LogP contribution in [-0.4, -0.2) is 56.7 Å². The minimum atomic E-state index is -3.91. The number of aliphatic carboxylic acids is 1. The van der Waals surface area contributed by atoms with Crippen LogP contribution < -0.4 is 4.72 Å². The maximum atomic E-state index is 10.9. The van der Waals surface area contributed by atoms with Gasteiger partial charge in [-0.2, -0.15) is 0 Å². The third kappa shape index (κ3) is 5.49. The van der Waals surface area contributed by atoms with E-state index in [1.807, 2.05) is 4.72 Å². The molecule has 0 unspecified atom stereocenters. The number of carbonyl (C=O) groups is 2. The smallest absolute Gasteiger partial charge is 0.320 e. The number of nitrogens with zero attached hydrogens (tertiary/aromatic N) is 1. The highest BCUT2D eigenvalue weighted by Gasteiger charge is 2.16. The van der Waals surface area contributed by atoms with Crippen LogP contribution in [0.4, 0.5) is 0 Å². The van der Waals surface area contributed by atoms with E-state index in [0.717, 1.165) is 0 Å². The van der Waals surface area contributed by atoms with Gasteiger partial charge >= 0.3 is 5.97 Å². The van der Waals surface area contributed by atoms with Crippen LogP contribution in [0.15, 0.2) is 0 Å². The predicted molar refractivity (Wildman–Crippen MR) is 48.1 cm³/mol. The highest BCUT2D eigenvalue weighted by molar-refractivity contribution is 7.90. The number of likely N-dealkylation sites (N-methyl/N-ethyl adjacent to an activating group) is 1. The Hall–Kier alpha value is -1.15. The summed E-state index contributed by atoms with van der Waals surface area (Å²) in [5.41, 5.74) is 0. The fraction of sp³-hybridized carbons (Fsp3) is 0.667. The maximum Gasteiger partial charge on any atom is 0.320 e. The second-order valence-electron chi connectivity index (χ2n) is 2.76. The first-order valence-corrected chi connectivity index (χ1v) is 5.29. The van der Waals surface area contributed by atoms with Crippen LogP contribution in [0.5, 0.6) is 0 Å². The van der Waals surface area contributed by atoms with Crippen molar-refractivity contribution in [2.24, 2.45) is 0 Å². The van der Waals surface area contributed by atoms with E-state index in [1.54, 1.807) is 0 Å². The molecule has 0 aliphatic rings. The molecule has 7 nitrogen and oxygen atoms in total. The quantitative estimate of drug-likeness (QED) is 0.566. The summed E-state index contributed by atoms with van der Waals surface area (Å²) >= 11 is 0. The predicted octanol–water partition coefficient (Wildman–Crippen LogP) is -1.92. The lowest BCUT2D eigenvalue weighted by Gasteiger charge is -2.10. The first-order valence-electron chi connectivity index (χ1n) is 3.64. The molecule has 0 atom stereocenters. The number of rotatable bonds is 5. The van der Waals surface area contributed by atoms with Crippen LogP contribution in [0.2, 0.25) is 0 Å². The molecule has 0 heterocycles. The van der Waals surface area contributed by atoms with E-state index in [0.29, 0.717) is 0 Å². The van der Waals surface area contributed by atoms with E-state index in [4.69, 9.17) is 5.11 Å². The summed E-state index contributed by atoms with van der Waals surface area (Å²) in [6.07, 6.45) is 0. The molecule has 82 valence electrons. The van der Waals surface area contributed by atoms with Crippen molar-refractivity contribution in [2.75, 3.05) is 26.4 Å². The molecule has 2 N–H and O–H groups in total. The molecule has 0 aromatic heterocycles. The van der Waals surface area contributed by atoms with E-state index in [2.05, 4.69) is 0 Å². The molecule has 0 rings (SSSR count). The normalized spacial score (nSPS) is 11.0. The van der Waals surface area contributed by atoms with Crippen molar-refractivity contribution in [3.8, 4) is 0 Å². The maximum absolute atomic E-state index is 10.9. The van der Waals surface area contributed by atoms with Crippen molar-refractivity contribution in [2.45, 2.75) is 0 Å². The molecule has 0 aliphatic heterocycles.